The van der Waals surface area contributed by atoms with Crippen molar-refractivity contribution in [2.45, 2.75) is 26.9 Å². The summed E-state index contributed by atoms with van der Waals surface area (Å²) >= 11 is 7.21. The molecule has 1 N–H and O–H groups in total. The van der Waals surface area contributed by atoms with E-state index in [1.807, 2.05) is 31.2 Å². The van der Waals surface area contributed by atoms with Gasteiger partial charge >= 0.3 is 0 Å². The fourth-order valence-corrected chi connectivity index (χ4v) is 3.53. The second kappa shape index (κ2) is 8.34. The number of para-hydroxylation sites is 1. The molecule has 0 fully saturated rings. The van der Waals surface area contributed by atoms with Crippen LogP contribution in [0.4, 0.5) is 5.69 Å². The van der Waals surface area contributed by atoms with Crippen LogP contribution in [0.2, 0.25) is 5.02 Å². The van der Waals surface area contributed by atoms with Crippen molar-refractivity contribution in [2.24, 2.45) is 0 Å². The fourth-order valence-electron chi connectivity index (χ4n) is 2.53. The number of benzene rings is 2. The van der Waals surface area contributed by atoms with E-state index in [0.717, 1.165) is 22.7 Å². The number of aromatic nitrogens is 1. The van der Waals surface area contributed by atoms with Gasteiger partial charge in [-0.15, -0.1) is 11.3 Å². The summed E-state index contributed by atoms with van der Waals surface area (Å²) in [4.78, 5) is 17.7. The van der Waals surface area contributed by atoms with Gasteiger partial charge in [0.15, 0.2) is 0 Å². The molecule has 0 aliphatic rings. The molecule has 0 aliphatic carbocycles. The third kappa shape index (κ3) is 4.42. The van der Waals surface area contributed by atoms with Crippen LogP contribution in [0, 0.1) is 6.92 Å². The Hall–Kier alpha value is -2.37. The van der Waals surface area contributed by atoms with E-state index in [0.29, 0.717) is 28.0 Å². The average Bonchev–Trinajstić information content (AvgIpc) is 3.02. The molecule has 0 saturated carbocycles. The monoisotopic (exact) mass is 386 g/mol. The number of carbonyl (C=O) groups excluding carboxylic acids is 1. The number of anilines is 1. The van der Waals surface area contributed by atoms with Crippen LogP contribution in [0.25, 0.3) is 0 Å². The summed E-state index contributed by atoms with van der Waals surface area (Å²) < 4.78 is 5.71. The minimum absolute atomic E-state index is 0.140. The van der Waals surface area contributed by atoms with Gasteiger partial charge in [-0.25, -0.2) is 4.98 Å². The smallest absolute Gasteiger partial charge is 0.267 e. The first-order valence-electron chi connectivity index (χ1n) is 8.30. The molecule has 3 rings (SSSR count). The van der Waals surface area contributed by atoms with Crippen molar-refractivity contribution in [3.8, 4) is 5.75 Å². The van der Waals surface area contributed by atoms with Crippen LogP contribution in [0.15, 0.2) is 48.5 Å². The number of aryl methyl sites for hydroxylation is 2. The van der Waals surface area contributed by atoms with Crippen LogP contribution in [0.3, 0.4) is 0 Å². The Morgan fingerprint density at radius 1 is 1.19 bits per heavy atom. The first-order valence-corrected chi connectivity index (χ1v) is 9.50. The molecule has 1 heterocycles. The van der Waals surface area contributed by atoms with Crippen molar-refractivity contribution in [3.05, 3.63) is 74.7 Å². The Morgan fingerprint density at radius 3 is 2.65 bits per heavy atom. The second-order valence-corrected chi connectivity index (χ2v) is 7.25. The Morgan fingerprint density at radius 2 is 1.92 bits per heavy atom. The van der Waals surface area contributed by atoms with Gasteiger partial charge < -0.3 is 10.1 Å². The van der Waals surface area contributed by atoms with Gasteiger partial charge in [0.2, 0.25) is 0 Å². The third-order valence-electron chi connectivity index (χ3n) is 3.87. The van der Waals surface area contributed by atoms with Gasteiger partial charge in [-0.1, -0.05) is 36.7 Å². The number of rotatable bonds is 6. The molecule has 134 valence electrons. The van der Waals surface area contributed by atoms with Crippen LogP contribution < -0.4 is 10.1 Å². The molecule has 1 aromatic heterocycles. The molecule has 3 aromatic rings. The van der Waals surface area contributed by atoms with Gasteiger partial charge in [0, 0.05) is 10.7 Å². The number of amides is 1. The molecular formula is C20H19ClN2O2S. The lowest BCUT2D eigenvalue weighted by molar-refractivity contribution is 0.102. The number of nitrogens with one attached hydrogen (secondary N) is 1. The van der Waals surface area contributed by atoms with E-state index in [-0.39, 0.29) is 5.91 Å². The summed E-state index contributed by atoms with van der Waals surface area (Å²) in [7, 11) is 0. The lowest BCUT2D eigenvalue weighted by Crippen LogP contribution is -2.12. The maximum atomic E-state index is 12.6. The first-order chi connectivity index (χ1) is 12.6. The highest BCUT2D eigenvalue weighted by atomic mass is 35.5. The van der Waals surface area contributed by atoms with Gasteiger partial charge in [0.1, 0.15) is 22.2 Å². The van der Waals surface area contributed by atoms with E-state index in [9.17, 15) is 4.79 Å². The number of hydrogen-bond donors (Lipinski definition) is 1. The predicted octanol–water partition coefficient (Wildman–Crippen LogP) is 5.50. The Kier molecular flexibility index (Phi) is 5.91. The van der Waals surface area contributed by atoms with E-state index in [2.05, 4.69) is 17.2 Å². The summed E-state index contributed by atoms with van der Waals surface area (Å²) in [6.45, 7) is 4.21. The molecule has 0 bridgehead atoms. The number of nitrogens with zero attached hydrogens (tertiary/aromatic N) is 1. The van der Waals surface area contributed by atoms with Crippen molar-refractivity contribution in [1.29, 1.82) is 0 Å². The van der Waals surface area contributed by atoms with E-state index in [1.165, 1.54) is 11.3 Å². The lowest BCUT2D eigenvalue weighted by atomic mass is 10.1. The van der Waals surface area contributed by atoms with Crippen LogP contribution >= 0.6 is 22.9 Å². The maximum absolute atomic E-state index is 12.6. The number of halogens is 1. The summed E-state index contributed by atoms with van der Waals surface area (Å²) in [6, 6.07) is 15.0. The van der Waals surface area contributed by atoms with Crippen molar-refractivity contribution in [1.82, 2.24) is 4.98 Å². The summed E-state index contributed by atoms with van der Waals surface area (Å²) in [5.41, 5.74) is 2.65. The Labute approximate surface area is 161 Å². The molecule has 6 heteroatoms. The fraction of sp³-hybridized carbons (Fsp3) is 0.200. The van der Waals surface area contributed by atoms with Crippen LogP contribution in [0.1, 0.15) is 32.9 Å². The number of carbonyl (C=O) groups is 1. The predicted molar refractivity (Wildman–Crippen MR) is 106 cm³/mol. The molecule has 4 nitrogen and oxygen atoms in total. The molecule has 0 saturated heterocycles. The highest BCUT2D eigenvalue weighted by molar-refractivity contribution is 7.13. The molecular weight excluding hydrogens is 368 g/mol. The van der Waals surface area contributed by atoms with Crippen molar-refractivity contribution in [3.63, 3.8) is 0 Å². The van der Waals surface area contributed by atoms with Crippen LogP contribution in [-0.2, 0) is 13.0 Å². The van der Waals surface area contributed by atoms with E-state index < -0.39 is 0 Å². The second-order valence-electron chi connectivity index (χ2n) is 5.73. The van der Waals surface area contributed by atoms with Crippen LogP contribution in [-0.4, -0.2) is 10.9 Å². The molecule has 0 aliphatic heterocycles. The molecule has 0 unspecified atom stereocenters. The maximum Gasteiger partial charge on any atom is 0.267 e. The van der Waals surface area contributed by atoms with E-state index in [1.54, 1.807) is 24.3 Å². The molecule has 0 spiro atoms. The zero-order valence-corrected chi connectivity index (χ0v) is 16.2. The normalized spacial score (nSPS) is 10.6. The largest absolute Gasteiger partial charge is 0.486 e. The summed E-state index contributed by atoms with van der Waals surface area (Å²) in [5, 5.41) is 4.40. The first kappa shape index (κ1) is 18.4. The van der Waals surface area contributed by atoms with Gasteiger partial charge in [0.05, 0.1) is 5.69 Å². The van der Waals surface area contributed by atoms with E-state index in [4.69, 9.17) is 16.3 Å². The highest BCUT2D eigenvalue weighted by Gasteiger charge is 2.16. The zero-order chi connectivity index (χ0) is 18.5. The number of ether oxygens (including phenoxy) is 1. The van der Waals surface area contributed by atoms with Crippen LogP contribution in [0.5, 0.6) is 5.75 Å². The number of hydrogen-bond acceptors (Lipinski definition) is 4. The minimum Gasteiger partial charge on any atom is -0.486 e. The zero-order valence-electron chi connectivity index (χ0n) is 14.6. The molecule has 1 amide bonds. The quantitative estimate of drug-likeness (QED) is 0.608. The highest BCUT2D eigenvalue weighted by Crippen LogP contribution is 2.23. The molecule has 26 heavy (non-hydrogen) atoms. The average molecular weight is 387 g/mol. The Bertz CT molecular complexity index is 906. The van der Waals surface area contributed by atoms with Gasteiger partial charge in [0.25, 0.3) is 5.91 Å². The standard InChI is InChI=1S/C20H19ClN2O2S/c1-3-14-6-4-5-7-17(14)23-20(24)19-13(2)22-18(26-19)12-25-16-10-8-15(21)9-11-16/h4-11H,3,12H2,1-2H3,(H,23,24). The topological polar surface area (TPSA) is 51.2 Å². The van der Waals surface area contributed by atoms with Gasteiger partial charge in [-0.2, -0.15) is 0 Å². The lowest BCUT2D eigenvalue weighted by Gasteiger charge is -2.08. The van der Waals surface area contributed by atoms with E-state index >= 15 is 0 Å². The Balaban J connectivity index is 1.69. The van der Waals surface area contributed by atoms with Gasteiger partial charge in [-0.05, 0) is 49.2 Å². The van der Waals surface area contributed by atoms with Gasteiger partial charge in [-0.3, -0.25) is 4.79 Å². The number of thiazole rings is 1. The summed E-state index contributed by atoms with van der Waals surface area (Å²) in [6.07, 6.45) is 0.859. The molecule has 2 aromatic carbocycles. The third-order valence-corrected chi connectivity index (χ3v) is 5.25. The van der Waals surface area contributed by atoms with Crippen molar-refractivity contribution >= 4 is 34.5 Å². The summed E-state index contributed by atoms with van der Waals surface area (Å²) in [5.74, 6) is 0.573. The molecule has 0 radical (unpaired) electrons. The minimum atomic E-state index is -0.140. The SMILES string of the molecule is CCc1ccccc1NC(=O)c1sc(COc2ccc(Cl)cc2)nc1C. The van der Waals surface area contributed by atoms with Crippen molar-refractivity contribution in [2.75, 3.05) is 5.32 Å². The van der Waals surface area contributed by atoms with Crippen molar-refractivity contribution < 1.29 is 9.53 Å². The molecule has 0 atom stereocenters.